The molecule has 0 saturated carbocycles. The lowest BCUT2D eigenvalue weighted by molar-refractivity contribution is -0.0834. The van der Waals surface area contributed by atoms with E-state index in [0.717, 1.165) is 15.4 Å². The van der Waals surface area contributed by atoms with Crippen LogP contribution in [-0.4, -0.2) is 34.6 Å². The molecule has 0 spiro atoms. The second kappa shape index (κ2) is 4.60. The van der Waals surface area contributed by atoms with Crippen LogP contribution in [0.3, 0.4) is 0 Å². The van der Waals surface area contributed by atoms with Gasteiger partial charge in [0.25, 0.3) is 5.91 Å². The molecule has 1 aromatic heterocycles. The standard InChI is InChI=1S/C15H16BrNO3/c1-3-15(19)7-17(8-15)14(18)13-9(2)11-6-10(16)4-5-12(11)20-13/h4-6,19H,3,7-8H2,1-2H3. The van der Waals surface area contributed by atoms with Crippen molar-refractivity contribution in [2.45, 2.75) is 25.9 Å². The Morgan fingerprint density at radius 1 is 1.50 bits per heavy atom. The maximum Gasteiger partial charge on any atom is 0.290 e. The van der Waals surface area contributed by atoms with Crippen molar-refractivity contribution in [2.24, 2.45) is 0 Å². The van der Waals surface area contributed by atoms with Crippen molar-refractivity contribution >= 4 is 32.8 Å². The van der Waals surface area contributed by atoms with Crippen LogP contribution in [0, 0.1) is 6.92 Å². The highest BCUT2D eigenvalue weighted by Gasteiger charge is 2.43. The van der Waals surface area contributed by atoms with Gasteiger partial charge in [-0.05, 0) is 31.5 Å². The molecule has 1 saturated heterocycles. The van der Waals surface area contributed by atoms with Crippen molar-refractivity contribution in [1.82, 2.24) is 4.90 Å². The first-order valence-corrected chi connectivity index (χ1v) is 7.43. The van der Waals surface area contributed by atoms with Crippen LogP contribution in [0.1, 0.15) is 29.5 Å². The van der Waals surface area contributed by atoms with Crippen LogP contribution < -0.4 is 0 Å². The van der Waals surface area contributed by atoms with Gasteiger partial charge in [-0.2, -0.15) is 0 Å². The normalized spacial score (nSPS) is 17.3. The average molecular weight is 338 g/mol. The van der Waals surface area contributed by atoms with Gasteiger partial charge in [0.15, 0.2) is 5.76 Å². The molecule has 3 rings (SSSR count). The SMILES string of the molecule is CCC1(O)CN(C(=O)c2oc3ccc(Br)cc3c2C)C1. The molecular formula is C15H16BrNO3. The molecule has 1 aliphatic heterocycles. The molecule has 2 heterocycles. The predicted octanol–water partition coefficient (Wildman–Crippen LogP) is 3.10. The third kappa shape index (κ3) is 2.05. The molecule has 1 amide bonds. The molecule has 1 N–H and O–H groups in total. The number of aliphatic hydroxyl groups is 1. The quantitative estimate of drug-likeness (QED) is 0.916. The van der Waals surface area contributed by atoms with Gasteiger partial charge < -0.3 is 14.4 Å². The van der Waals surface area contributed by atoms with E-state index in [2.05, 4.69) is 15.9 Å². The van der Waals surface area contributed by atoms with E-state index in [9.17, 15) is 9.90 Å². The first-order valence-electron chi connectivity index (χ1n) is 6.64. The lowest BCUT2D eigenvalue weighted by Crippen LogP contribution is -2.63. The lowest BCUT2D eigenvalue weighted by atomic mass is 9.91. The molecule has 0 bridgehead atoms. The number of carbonyl (C=O) groups excluding carboxylic acids is 1. The number of β-amino-alcohol motifs (C(OH)–C–C–N with tert-alkyl or cyclic N) is 1. The fourth-order valence-electron chi connectivity index (χ4n) is 2.57. The van der Waals surface area contributed by atoms with Gasteiger partial charge in [-0.1, -0.05) is 22.9 Å². The summed E-state index contributed by atoms with van der Waals surface area (Å²) in [5.41, 5.74) is 0.831. The fraction of sp³-hybridized carbons (Fsp3) is 0.400. The molecular weight excluding hydrogens is 322 g/mol. The summed E-state index contributed by atoms with van der Waals surface area (Å²) in [7, 11) is 0. The number of amides is 1. The number of hydrogen-bond acceptors (Lipinski definition) is 3. The van der Waals surface area contributed by atoms with E-state index in [1.807, 2.05) is 32.0 Å². The maximum atomic E-state index is 12.4. The van der Waals surface area contributed by atoms with Crippen LogP contribution in [0.4, 0.5) is 0 Å². The molecule has 1 aromatic carbocycles. The number of benzene rings is 1. The van der Waals surface area contributed by atoms with Crippen LogP contribution in [-0.2, 0) is 0 Å². The third-order valence-electron chi connectivity index (χ3n) is 4.01. The summed E-state index contributed by atoms with van der Waals surface area (Å²) in [6.07, 6.45) is 0.656. The van der Waals surface area contributed by atoms with Gasteiger partial charge in [0, 0.05) is 15.4 Å². The van der Waals surface area contributed by atoms with Gasteiger partial charge in [-0.25, -0.2) is 0 Å². The second-order valence-corrected chi connectivity index (χ2v) is 6.35. The van der Waals surface area contributed by atoms with Crippen molar-refractivity contribution in [3.8, 4) is 0 Å². The van der Waals surface area contributed by atoms with E-state index in [1.165, 1.54) is 0 Å². The van der Waals surface area contributed by atoms with E-state index < -0.39 is 5.60 Å². The van der Waals surface area contributed by atoms with Crippen LogP contribution in [0.25, 0.3) is 11.0 Å². The molecule has 1 aliphatic rings. The van der Waals surface area contributed by atoms with Gasteiger partial charge in [0.1, 0.15) is 5.58 Å². The number of halogens is 1. The summed E-state index contributed by atoms with van der Waals surface area (Å²) in [5.74, 6) is 0.226. The number of aryl methyl sites for hydroxylation is 1. The molecule has 0 aliphatic carbocycles. The molecule has 106 valence electrons. The fourth-order valence-corrected chi connectivity index (χ4v) is 2.93. The monoisotopic (exact) mass is 337 g/mol. The minimum absolute atomic E-state index is 0.145. The molecule has 0 atom stereocenters. The smallest absolute Gasteiger partial charge is 0.290 e. The van der Waals surface area contributed by atoms with Gasteiger partial charge in [-0.3, -0.25) is 4.79 Å². The Labute approximate surface area is 125 Å². The molecule has 0 radical (unpaired) electrons. The zero-order valence-electron chi connectivity index (χ0n) is 11.4. The summed E-state index contributed by atoms with van der Waals surface area (Å²) in [6, 6.07) is 5.68. The molecule has 1 fully saturated rings. The van der Waals surface area contributed by atoms with Crippen LogP contribution in [0.2, 0.25) is 0 Å². The first kappa shape index (κ1) is 13.6. The van der Waals surface area contributed by atoms with Gasteiger partial charge in [0.05, 0.1) is 18.7 Å². The highest BCUT2D eigenvalue weighted by atomic mass is 79.9. The Hall–Kier alpha value is -1.33. The van der Waals surface area contributed by atoms with Gasteiger partial charge >= 0.3 is 0 Å². The Kier molecular flexibility index (Phi) is 3.14. The molecule has 20 heavy (non-hydrogen) atoms. The van der Waals surface area contributed by atoms with E-state index in [-0.39, 0.29) is 5.91 Å². The highest BCUT2D eigenvalue weighted by molar-refractivity contribution is 9.10. The predicted molar refractivity (Wildman–Crippen MR) is 79.8 cm³/mol. The number of fused-ring (bicyclic) bond motifs is 1. The van der Waals surface area contributed by atoms with Crippen LogP contribution >= 0.6 is 15.9 Å². The number of furan rings is 1. The summed E-state index contributed by atoms with van der Waals surface area (Å²) in [6.45, 7) is 4.56. The molecule has 2 aromatic rings. The van der Waals surface area contributed by atoms with Gasteiger partial charge in [-0.15, -0.1) is 0 Å². The molecule has 4 nitrogen and oxygen atoms in total. The van der Waals surface area contributed by atoms with Crippen LogP contribution in [0.15, 0.2) is 27.1 Å². The zero-order chi connectivity index (χ0) is 14.5. The summed E-state index contributed by atoms with van der Waals surface area (Å²) in [4.78, 5) is 14.0. The van der Waals surface area contributed by atoms with Crippen molar-refractivity contribution < 1.29 is 14.3 Å². The minimum Gasteiger partial charge on any atom is -0.451 e. The van der Waals surface area contributed by atoms with Crippen molar-refractivity contribution in [2.75, 3.05) is 13.1 Å². The maximum absolute atomic E-state index is 12.4. The Morgan fingerprint density at radius 3 is 2.85 bits per heavy atom. The number of hydrogen-bond donors (Lipinski definition) is 1. The topological polar surface area (TPSA) is 53.7 Å². The summed E-state index contributed by atoms with van der Waals surface area (Å²) < 4.78 is 6.64. The second-order valence-electron chi connectivity index (χ2n) is 5.44. The molecule has 5 heteroatoms. The Morgan fingerprint density at radius 2 is 2.20 bits per heavy atom. The van der Waals surface area contributed by atoms with E-state index in [4.69, 9.17) is 4.42 Å². The molecule has 0 unspecified atom stereocenters. The summed E-state index contributed by atoms with van der Waals surface area (Å²) in [5, 5.41) is 10.9. The summed E-state index contributed by atoms with van der Waals surface area (Å²) >= 11 is 3.42. The average Bonchev–Trinajstić information content (AvgIpc) is 2.72. The van der Waals surface area contributed by atoms with E-state index >= 15 is 0 Å². The lowest BCUT2D eigenvalue weighted by Gasteiger charge is -2.45. The zero-order valence-corrected chi connectivity index (χ0v) is 13.0. The minimum atomic E-state index is -0.724. The third-order valence-corrected chi connectivity index (χ3v) is 4.50. The van der Waals surface area contributed by atoms with Gasteiger partial charge in [0.2, 0.25) is 0 Å². The van der Waals surface area contributed by atoms with E-state index in [0.29, 0.717) is 30.9 Å². The number of rotatable bonds is 2. The van der Waals surface area contributed by atoms with Crippen molar-refractivity contribution in [1.29, 1.82) is 0 Å². The van der Waals surface area contributed by atoms with Crippen molar-refractivity contribution in [3.63, 3.8) is 0 Å². The van der Waals surface area contributed by atoms with Crippen molar-refractivity contribution in [3.05, 3.63) is 34.0 Å². The van der Waals surface area contributed by atoms with Crippen LogP contribution in [0.5, 0.6) is 0 Å². The number of nitrogens with zero attached hydrogens (tertiary/aromatic N) is 1. The number of likely N-dealkylation sites (tertiary alicyclic amines) is 1. The Bertz CT molecular complexity index is 686. The number of carbonyl (C=O) groups is 1. The van der Waals surface area contributed by atoms with E-state index in [1.54, 1.807) is 4.90 Å². The Balaban J connectivity index is 1.91. The largest absolute Gasteiger partial charge is 0.451 e. The first-order chi connectivity index (χ1) is 9.43. The highest BCUT2D eigenvalue weighted by Crippen LogP contribution is 2.31.